The molecule has 7 nitrogen and oxygen atoms in total. The van der Waals surface area contributed by atoms with Crippen molar-refractivity contribution in [1.29, 1.82) is 0 Å². The molecule has 0 unspecified atom stereocenters. The number of carbonyl (C=O) groups excluding carboxylic acids is 2. The van der Waals surface area contributed by atoms with Gasteiger partial charge in [0, 0.05) is 12.5 Å². The first kappa shape index (κ1) is 17.7. The van der Waals surface area contributed by atoms with Crippen molar-refractivity contribution in [2.75, 3.05) is 6.61 Å². The first-order valence-electron chi connectivity index (χ1n) is 8.41. The van der Waals surface area contributed by atoms with Gasteiger partial charge in [-0.3, -0.25) is 9.59 Å². The normalized spacial score (nSPS) is 28.1. The van der Waals surface area contributed by atoms with E-state index in [0.29, 0.717) is 6.42 Å². The van der Waals surface area contributed by atoms with Gasteiger partial charge in [0.1, 0.15) is 12.1 Å². The fourth-order valence-corrected chi connectivity index (χ4v) is 3.81. The van der Waals surface area contributed by atoms with E-state index >= 15 is 0 Å². The number of fused-ring (bicyclic) bond motifs is 1. The predicted octanol–water partition coefficient (Wildman–Crippen LogP) is 0.901. The Morgan fingerprint density at radius 2 is 2.00 bits per heavy atom. The van der Waals surface area contributed by atoms with Crippen molar-refractivity contribution in [2.24, 2.45) is 11.7 Å². The maximum absolute atomic E-state index is 12.6. The number of rotatable bonds is 6. The third kappa shape index (κ3) is 4.02. The van der Waals surface area contributed by atoms with Crippen molar-refractivity contribution in [1.82, 2.24) is 4.90 Å². The van der Waals surface area contributed by atoms with Crippen LogP contribution in [0.2, 0.25) is 0 Å². The predicted molar refractivity (Wildman–Crippen MR) is 82.5 cm³/mol. The number of ether oxygens (including phenoxy) is 1. The number of carboxylic acid groups (broad SMARTS) is 1. The van der Waals surface area contributed by atoms with Crippen LogP contribution in [0.4, 0.5) is 0 Å². The monoisotopic (exact) mass is 326 g/mol. The van der Waals surface area contributed by atoms with Crippen molar-refractivity contribution in [3.05, 3.63) is 0 Å². The molecule has 1 saturated heterocycles. The largest absolute Gasteiger partial charge is 0.480 e. The summed E-state index contributed by atoms with van der Waals surface area (Å²) in [7, 11) is 0. The molecular weight excluding hydrogens is 300 g/mol. The fraction of sp³-hybridized carbons (Fsp3) is 0.812. The van der Waals surface area contributed by atoms with Gasteiger partial charge in [0.05, 0.1) is 6.61 Å². The van der Waals surface area contributed by atoms with Gasteiger partial charge in [-0.15, -0.1) is 0 Å². The number of amides is 1. The van der Waals surface area contributed by atoms with Crippen molar-refractivity contribution >= 4 is 17.8 Å². The molecule has 2 rings (SSSR count). The molecule has 7 heteroatoms. The minimum atomic E-state index is -0.942. The Hall–Kier alpha value is -1.63. The van der Waals surface area contributed by atoms with E-state index in [2.05, 4.69) is 0 Å². The van der Waals surface area contributed by atoms with Crippen molar-refractivity contribution < 1.29 is 24.2 Å². The molecule has 4 atom stereocenters. The van der Waals surface area contributed by atoms with Gasteiger partial charge in [-0.1, -0.05) is 12.8 Å². The van der Waals surface area contributed by atoms with Gasteiger partial charge >= 0.3 is 11.9 Å². The Kier molecular flexibility index (Phi) is 5.98. The smallest absolute Gasteiger partial charge is 0.326 e. The van der Waals surface area contributed by atoms with Crippen LogP contribution >= 0.6 is 0 Å². The molecule has 1 aliphatic carbocycles. The van der Waals surface area contributed by atoms with E-state index in [1.807, 2.05) is 0 Å². The minimum Gasteiger partial charge on any atom is -0.480 e. The summed E-state index contributed by atoms with van der Waals surface area (Å²) in [6.07, 6.45) is 4.77. The van der Waals surface area contributed by atoms with E-state index in [9.17, 15) is 19.5 Å². The molecule has 3 N–H and O–H groups in total. The molecule has 0 aromatic rings. The van der Waals surface area contributed by atoms with Crippen LogP contribution in [0.3, 0.4) is 0 Å². The fourth-order valence-electron chi connectivity index (χ4n) is 3.81. The lowest BCUT2D eigenvalue weighted by molar-refractivity contribution is -0.150. The standard InChI is InChI=1S/C16H26N2O5/c1-2-23-16(22)11(17)7-8-14(19)18-12-6-4-3-5-10(12)9-13(18)15(20)21/h10-13H,2-9,17H2,1H3,(H,20,21)/t10-,11+,12-,13-/m0/s1. The van der Waals surface area contributed by atoms with Crippen LogP contribution in [0.5, 0.6) is 0 Å². The van der Waals surface area contributed by atoms with E-state index in [1.54, 1.807) is 11.8 Å². The summed E-state index contributed by atoms with van der Waals surface area (Å²) in [6.45, 7) is 1.94. The van der Waals surface area contributed by atoms with Gasteiger partial charge < -0.3 is 20.5 Å². The van der Waals surface area contributed by atoms with Gasteiger partial charge in [-0.05, 0) is 38.5 Å². The molecule has 0 radical (unpaired) electrons. The van der Waals surface area contributed by atoms with E-state index in [0.717, 1.165) is 25.7 Å². The number of esters is 1. The Morgan fingerprint density at radius 3 is 2.65 bits per heavy atom. The Labute approximate surface area is 136 Å². The summed E-state index contributed by atoms with van der Waals surface area (Å²) < 4.78 is 4.82. The lowest BCUT2D eigenvalue weighted by atomic mass is 9.84. The van der Waals surface area contributed by atoms with Crippen LogP contribution in [0.15, 0.2) is 0 Å². The van der Waals surface area contributed by atoms with Crippen LogP contribution in [0, 0.1) is 5.92 Å². The molecule has 1 saturated carbocycles. The zero-order valence-electron chi connectivity index (χ0n) is 13.6. The molecule has 1 aliphatic heterocycles. The maximum Gasteiger partial charge on any atom is 0.326 e. The number of nitrogens with two attached hydrogens (primary N) is 1. The van der Waals surface area contributed by atoms with Gasteiger partial charge in [0.2, 0.25) is 5.91 Å². The van der Waals surface area contributed by atoms with Crippen LogP contribution in [0.25, 0.3) is 0 Å². The Bertz CT molecular complexity index is 467. The van der Waals surface area contributed by atoms with Gasteiger partial charge in [0.15, 0.2) is 0 Å². The molecule has 0 bridgehead atoms. The highest BCUT2D eigenvalue weighted by Gasteiger charge is 2.47. The maximum atomic E-state index is 12.6. The summed E-state index contributed by atoms with van der Waals surface area (Å²) in [5.41, 5.74) is 5.71. The Morgan fingerprint density at radius 1 is 1.30 bits per heavy atom. The van der Waals surface area contributed by atoms with Gasteiger partial charge in [-0.2, -0.15) is 0 Å². The number of aliphatic carboxylic acids is 1. The number of hydrogen-bond donors (Lipinski definition) is 2. The molecule has 130 valence electrons. The van der Waals surface area contributed by atoms with Crippen molar-refractivity contribution in [3.63, 3.8) is 0 Å². The average Bonchev–Trinajstić information content (AvgIpc) is 2.92. The van der Waals surface area contributed by atoms with Gasteiger partial charge in [-0.25, -0.2) is 4.79 Å². The molecular formula is C16H26N2O5. The van der Waals surface area contributed by atoms with E-state index < -0.39 is 24.0 Å². The molecule has 1 amide bonds. The molecule has 23 heavy (non-hydrogen) atoms. The second-order valence-corrected chi connectivity index (χ2v) is 6.40. The number of carbonyl (C=O) groups is 3. The van der Waals surface area contributed by atoms with E-state index in [1.165, 1.54) is 0 Å². The van der Waals surface area contributed by atoms with E-state index in [4.69, 9.17) is 10.5 Å². The lowest BCUT2D eigenvalue weighted by Crippen LogP contribution is -2.46. The van der Waals surface area contributed by atoms with Gasteiger partial charge in [0.25, 0.3) is 0 Å². The molecule has 1 heterocycles. The number of hydrogen-bond acceptors (Lipinski definition) is 5. The third-order valence-electron chi connectivity index (χ3n) is 4.92. The number of likely N-dealkylation sites (tertiary alicyclic amines) is 1. The SMILES string of the molecule is CCOC(=O)[C@H](N)CCC(=O)N1[C@H](C(=O)O)C[C@@H]2CCCC[C@@H]21. The highest BCUT2D eigenvalue weighted by Crippen LogP contribution is 2.40. The summed E-state index contributed by atoms with van der Waals surface area (Å²) in [6, 6.07) is -1.56. The van der Waals surface area contributed by atoms with Crippen LogP contribution < -0.4 is 5.73 Å². The number of carboxylic acids is 1. The summed E-state index contributed by atoms with van der Waals surface area (Å²) in [5.74, 6) is -1.39. The zero-order valence-corrected chi connectivity index (χ0v) is 13.6. The van der Waals surface area contributed by atoms with Crippen LogP contribution in [0.1, 0.15) is 51.9 Å². The summed E-state index contributed by atoms with van der Waals surface area (Å²) >= 11 is 0. The first-order chi connectivity index (χ1) is 11.0. The first-order valence-corrected chi connectivity index (χ1v) is 8.41. The molecule has 2 fully saturated rings. The minimum absolute atomic E-state index is 0.0242. The topological polar surface area (TPSA) is 110 Å². The Balaban J connectivity index is 1.98. The lowest BCUT2D eigenvalue weighted by Gasteiger charge is -2.33. The van der Waals surface area contributed by atoms with E-state index in [-0.39, 0.29) is 37.3 Å². The number of nitrogens with zero attached hydrogens (tertiary/aromatic N) is 1. The molecule has 2 aliphatic rings. The highest BCUT2D eigenvalue weighted by atomic mass is 16.5. The van der Waals surface area contributed by atoms with Crippen LogP contribution in [-0.2, 0) is 19.1 Å². The molecule has 0 aromatic heterocycles. The summed E-state index contributed by atoms with van der Waals surface area (Å²) in [5, 5.41) is 9.42. The average molecular weight is 326 g/mol. The quantitative estimate of drug-likeness (QED) is 0.702. The van der Waals surface area contributed by atoms with Crippen molar-refractivity contribution in [3.8, 4) is 0 Å². The summed E-state index contributed by atoms with van der Waals surface area (Å²) in [4.78, 5) is 37.1. The third-order valence-corrected chi connectivity index (χ3v) is 4.92. The second-order valence-electron chi connectivity index (χ2n) is 6.40. The second kappa shape index (κ2) is 7.77. The highest BCUT2D eigenvalue weighted by molar-refractivity contribution is 5.85. The van der Waals surface area contributed by atoms with Crippen LogP contribution in [-0.4, -0.2) is 52.6 Å². The zero-order chi connectivity index (χ0) is 17.0. The molecule has 0 spiro atoms. The molecule has 0 aromatic carbocycles. The van der Waals surface area contributed by atoms with Crippen molar-refractivity contribution in [2.45, 2.75) is 70.0 Å².